The van der Waals surface area contributed by atoms with Crippen LogP contribution in [0.25, 0.3) is 0 Å². The van der Waals surface area contributed by atoms with E-state index in [2.05, 4.69) is 22.2 Å². The summed E-state index contributed by atoms with van der Waals surface area (Å²) in [5.41, 5.74) is 6.18. The molecule has 0 aromatic carbocycles. The van der Waals surface area contributed by atoms with Crippen molar-refractivity contribution >= 4 is 11.5 Å². The standard InChI is InChI=1S/C14H24N4O/c1-14(2,3)19-13-11(15)5-6-12(17-13)16-10-7-8-18(4)9-10/h5-6,10H,7-9,15H2,1-4H3,(H,16,17). The number of aromatic nitrogens is 1. The minimum atomic E-state index is -0.298. The van der Waals surface area contributed by atoms with Crippen LogP contribution in [0, 0.1) is 0 Å². The van der Waals surface area contributed by atoms with Gasteiger partial charge in [0.05, 0.1) is 5.69 Å². The Bertz CT molecular complexity index is 442. The third-order valence-electron chi connectivity index (χ3n) is 3.04. The number of likely N-dealkylation sites (N-methyl/N-ethyl adjacent to an activating group) is 1. The van der Waals surface area contributed by atoms with Crippen molar-refractivity contribution in [3.8, 4) is 5.88 Å². The van der Waals surface area contributed by atoms with Gasteiger partial charge in [0.1, 0.15) is 11.4 Å². The first-order chi connectivity index (χ1) is 8.83. The average Bonchev–Trinajstić information content (AvgIpc) is 2.67. The van der Waals surface area contributed by atoms with Crippen LogP contribution in [0.4, 0.5) is 11.5 Å². The van der Waals surface area contributed by atoms with Crippen LogP contribution >= 0.6 is 0 Å². The lowest BCUT2D eigenvalue weighted by Crippen LogP contribution is -2.26. The monoisotopic (exact) mass is 264 g/mol. The van der Waals surface area contributed by atoms with E-state index >= 15 is 0 Å². The molecule has 0 amide bonds. The van der Waals surface area contributed by atoms with E-state index in [1.54, 1.807) is 0 Å². The molecular weight excluding hydrogens is 240 g/mol. The second-order valence-electron chi connectivity index (χ2n) is 6.20. The number of pyridine rings is 1. The number of hydrogen-bond acceptors (Lipinski definition) is 5. The fourth-order valence-corrected chi connectivity index (χ4v) is 2.17. The molecule has 1 aliphatic heterocycles. The summed E-state index contributed by atoms with van der Waals surface area (Å²) < 4.78 is 5.77. The van der Waals surface area contributed by atoms with Crippen LogP contribution in [0.3, 0.4) is 0 Å². The molecule has 3 N–H and O–H groups in total. The highest BCUT2D eigenvalue weighted by molar-refractivity contribution is 5.54. The third kappa shape index (κ3) is 3.99. The Morgan fingerprint density at radius 1 is 1.42 bits per heavy atom. The SMILES string of the molecule is CN1CCC(Nc2ccc(N)c(OC(C)(C)C)n2)C1. The van der Waals surface area contributed by atoms with Gasteiger partial charge in [0, 0.05) is 12.6 Å². The maximum atomic E-state index is 5.90. The predicted octanol–water partition coefficient (Wildman–Crippen LogP) is 1.96. The Hall–Kier alpha value is -1.49. The minimum Gasteiger partial charge on any atom is -0.470 e. The Morgan fingerprint density at radius 3 is 2.74 bits per heavy atom. The first-order valence-electron chi connectivity index (χ1n) is 6.74. The first-order valence-corrected chi connectivity index (χ1v) is 6.74. The number of anilines is 2. The molecule has 1 fully saturated rings. The lowest BCUT2D eigenvalue weighted by atomic mass is 10.2. The quantitative estimate of drug-likeness (QED) is 0.873. The van der Waals surface area contributed by atoms with Crippen molar-refractivity contribution in [1.82, 2.24) is 9.88 Å². The minimum absolute atomic E-state index is 0.298. The third-order valence-corrected chi connectivity index (χ3v) is 3.04. The van der Waals surface area contributed by atoms with Crippen LogP contribution in [0.1, 0.15) is 27.2 Å². The first kappa shape index (κ1) is 13.9. The zero-order valence-electron chi connectivity index (χ0n) is 12.2. The van der Waals surface area contributed by atoms with Crippen LogP contribution < -0.4 is 15.8 Å². The van der Waals surface area contributed by atoms with Crippen molar-refractivity contribution in [3.63, 3.8) is 0 Å². The Labute approximate surface area is 115 Å². The van der Waals surface area contributed by atoms with Crippen LogP contribution in [-0.4, -0.2) is 41.7 Å². The van der Waals surface area contributed by atoms with Crippen LogP contribution in [-0.2, 0) is 0 Å². The average molecular weight is 264 g/mol. The van der Waals surface area contributed by atoms with E-state index in [1.807, 2.05) is 32.9 Å². The highest BCUT2D eigenvalue weighted by Gasteiger charge is 2.20. The van der Waals surface area contributed by atoms with Gasteiger partial charge in [-0.3, -0.25) is 0 Å². The molecule has 106 valence electrons. The van der Waals surface area contributed by atoms with Crippen molar-refractivity contribution in [3.05, 3.63) is 12.1 Å². The molecule has 1 aromatic heterocycles. The van der Waals surface area contributed by atoms with Gasteiger partial charge in [0.15, 0.2) is 0 Å². The molecule has 1 aromatic rings. The zero-order valence-corrected chi connectivity index (χ0v) is 12.2. The van der Waals surface area contributed by atoms with Crippen LogP contribution in [0.15, 0.2) is 12.1 Å². The van der Waals surface area contributed by atoms with E-state index in [9.17, 15) is 0 Å². The number of nitrogen functional groups attached to an aromatic ring is 1. The van der Waals surface area contributed by atoms with E-state index in [4.69, 9.17) is 10.5 Å². The number of nitrogens with two attached hydrogens (primary N) is 1. The Morgan fingerprint density at radius 2 is 2.16 bits per heavy atom. The molecule has 0 spiro atoms. The van der Waals surface area contributed by atoms with Gasteiger partial charge in [-0.15, -0.1) is 0 Å². The number of likely N-dealkylation sites (tertiary alicyclic amines) is 1. The molecular formula is C14H24N4O. The van der Waals surface area contributed by atoms with Crippen molar-refractivity contribution < 1.29 is 4.74 Å². The summed E-state index contributed by atoms with van der Waals surface area (Å²) in [6.07, 6.45) is 1.14. The smallest absolute Gasteiger partial charge is 0.239 e. The topological polar surface area (TPSA) is 63.4 Å². The summed E-state index contributed by atoms with van der Waals surface area (Å²) in [6.45, 7) is 8.12. The van der Waals surface area contributed by atoms with Crippen LogP contribution in [0.5, 0.6) is 5.88 Å². The van der Waals surface area contributed by atoms with Crippen molar-refractivity contribution in [2.45, 2.75) is 38.8 Å². The molecule has 1 saturated heterocycles. The molecule has 1 atom stereocenters. The maximum absolute atomic E-state index is 5.90. The van der Waals surface area contributed by atoms with Gasteiger partial charge in [-0.25, -0.2) is 0 Å². The van der Waals surface area contributed by atoms with Gasteiger partial charge in [0.2, 0.25) is 5.88 Å². The summed E-state index contributed by atoms with van der Waals surface area (Å²) in [5.74, 6) is 1.33. The van der Waals surface area contributed by atoms with E-state index in [-0.39, 0.29) is 5.60 Å². The van der Waals surface area contributed by atoms with E-state index in [0.29, 0.717) is 17.6 Å². The molecule has 5 nitrogen and oxygen atoms in total. The van der Waals surface area contributed by atoms with Crippen molar-refractivity contribution in [2.24, 2.45) is 0 Å². The molecule has 1 unspecified atom stereocenters. The van der Waals surface area contributed by atoms with E-state index in [0.717, 1.165) is 25.3 Å². The molecule has 2 rings (SSSR count). The van der Waals surface area contributed by atoms with E-state index < -0.39 is 0 Å². The van der Waals surface area contributed by atoms with Crippen molar-refractivity contribution in [1.29, 1.82) is 0 Å². The highest BCUT2D eigenvalue weighted by atomic mass is 16.5. The summed E-state index contributed by atoms with van der Waals surface area (Å²) in [5, 5.41) is 3.44. The zero-order chi connectivity index (χ0) is 14.0. The molecule has 0 bridgehead atoms. The summed E-state index contributed by atoms with van der Waals surface area (Å²) >= 11 is 0. The van der Waals surface area contributed by atoms with Gasteiger partial charge in [-0.1, -0.05) is 0 Å². The van der Waals surface area contributed by atoms with Gasteiger partial charge in [-0.2, -0.15) is 4.98 Å². The fourth-order valence-electron chi connectivity index (χ4n) is 2.17. The Kier molecular flexibility index (Phi) is 3.85. The number of nitrogens with zero attached hydrogens (tertiary/aromatic N) is 2. The largest absolute Gasteiger partial charge is 0.470 e. The normalized spacial score (nSPS) is 20.5. The molecule has 19 heavy (non-hydrogen) atoms. The molecule has 0 aliphatic carbocycles. The van der Waals surface area contributed by atoms with Gasteiger partial charge >= 0.3 is 0 Å². The number of ether oxygens (including phenoxy) is 1. The van der Waals surface area contributed by atoms with Gasteiger partial charge < -0.3 is 20.7 Å². The summed E-state index contributed by atoms with van der Waals surface area (Å²) in [4.78, 5) is 6.78. The van der Waals surface area contributed by atoms with Crippen molar-refractivity contribution in [2.75, 3.05) is 31.2 Å². The van der Waals surface area contributed by atoms with Gasteiger partial charge in [-0.05, 0) is 52.9 Å². The number of nitrogens with one attached hydrogen (secondary N) is 1. The van der Waals surface area contributed by atoms with Crippen LogP contribution in [0.2, 0.25) is 0 Å². The number of rotatable bonds is 3. The summed E-state index contributed by atoms with van der Waals surface area (Å²) in [6, 6.07) is 4.20. The summed E-state index contributed by atoms with van der Waals surface area (Å²) in [7, 11) is 2.13. The predicted molar refractivity (Wildman–Crippen MR) is 78.6 cm³/mol. The lowest BCUT2D eigenvalue weighted by molar-refractivity contribution is 0.125. The van der Waals surface area contributed by atoms with E-state index in [1.165, 1.54) is 0 Å². The molecule has 1 aliphatic rings. The second-order valence-corrected chi connectivity index (χ2v) is 6.20. The fraction of sp³-hybridized carbons (Fsp3) is 0.643. The maximum Gasteiger partial charge on any atom is 0.239 e. The lowest BCUT2D eigenvalue weighted by Gasteiger charge is -2.22. The molecule has 0 saturated carbocycles. The molecule has 5 heteroatoms. The molecule has 0 radical (unpaired) electrons. The van der Waals surface area contributed by atoms with Gasteiger partial charge in [0.25, 0.3) is 0 Å². The Balaban J connectivity index is 2.08. The highest BCUT2D eigenvalue weighted by Crippen LogP contribution is 2.25. The second kappa shape index (κ2) is 5.25. The molecule has 2 heterocycles. The number of hydrogen-bond donors (Lipinski definition) is 2.